The summed E-state index contributed by atoms with van der Waals surface area (Å²) in [7, 11) is 0. The van der Waals surface area contributed by atoms with Crippen LogP contribution in [-0.4, -0.2) is 23.3 Å². The lowest BCUT2D eigenvalue weighted by atomic mass is 10.1. The van der Waals surface area contributed by atoms with E-state index in [1.165, 1.54) is 19.9 Å². The first-order chi connectivity index (χ1) is 4.48. The van der Waals surface area contributed by atoms with Crippen molar-refractivity contribution in [2.75, 3.05) is 6.61 Å². The van der Waals surface area contributed by atoms with E-state index in [-0.39, 0.29) is 6.61 Å². The summed E-state index contributed by atoms with van der Waals surface area (Å²) in [6.07, 6.45) is 1.45. The van der Waals surface area contributed by atoms with Gasteiger partial charge in [0.1, 0.15) is 6.61 Å². The molecule has 0 atom stereocenters. The first-order valence-corrected chi connectivity index (χ1v) is 2.99. The minimum atomic E-state index is -1.40. The van der Waals surface area contributed by atoms with E-state index < -0.39 is 11.6 Å². The SMILES string of the molecule is C=CCOC(=O)C(C)(C)O. The quantitative estimate of drug-likeness (QED) is 0.463. The zero-order valence-corrected chi connectivity index (χ0v) is 6.26. The Bertz CT molecular complexity index is 132. The number of hydrogen-bond donors (Lipinski definition) is 1. The van der Waals surface area contributed by atoms with Gasteiger partial charge in [0.25, 0.3) is 0 Å². The van der Waals surface area contributed by atoms with Crippen LogP contribution in [0.15, 0.2) is 12.7 Å². The summed E-state index contributed by atoms with van der Waals surface area (Å²) in [4.78, 5) is 10.7. The standard InChI is InChI=1S/C7H12O3/c1-4-5-10-6(8)7(2,3)9/h4,9H,1,5H2,2-3H3. The van der Waals surface area contributed by atoms with Crippen molar-refractivity contribution in [2.24, 2.45) is 0 Å². The van der Waals surface area contributed by atoms with Crippen LogP contribution in [0.3, 0.4) is 0 Å². The minimum absolute atomic E-state index is 0.142. The van der Waals surface area contributed by atoms with Gasteiger partial charge in [0.2, 0.25) is 0 Å². The van der Waals surface area contributed by atoms with Gasteiger partial charge < -0.3 is 9.84 Å². The molecule has 3 nitrogen and oxygen atoms in total. The van der Waals surface area contributed by atoms with E-state index in [0.29, 0.717) is 0 Å². The third-order valence-corrected chi connectivity index (χ3v) is 0.832. The summed E-state index contributed by atoms with van der Waals surface area (Å²) in [5.41, 5.74) is -1.40. The van der Waals surface area contributed by atoms with Crippen molar-refractivity contribution in [3.63, 3.8) is 0 Å². The van der Waals surface area contributed by atoms with Crippen molar-refractivity contribution in [1.82, 2.24) is 0 Å². The maximum absolute atomic E-state index is 10.7. The predicted molar refractivity (Wildman–Crippen MR) is 37.5 cm³/mol. The van der Waals surface area contributed by atoms with Gasteiger partial charge in [-0.3, -0.25) is 0 Å². The molecule has 0 radical (unpaired) electrons. The third-order valence-electron chi connectivity index (χ3n) is 0.832. The molecule has 0 aliphatic heterocycles. The van der Waals surface area contributed by atoms with Crippen LogP contribution in [0.25, 0.3) is 0 Å². The van der Waals surface area contributed by atoms with E-state index in [0.717, 1.165) is 0 Å². The highest BCUT2D eigenvalue weighted by Gasteiger charge is 2.24. The Morgan fingerprint density at radius 2 is 2.30 bits per heavy atom. The monoisotopic (exact) mass is 144 g/mol. The van der Waals surface area contributed by atoms with Gasteiger partial charge in [-0.1, -0.05) is 12.7 Å². The molecule has 0 aliphatic carbocycles. The molecular formula is C7H12O3. The Kier molecular flexibility index (Phi) is 3.09. The van der Waals surface area contributed by atoms with Gasteiger partial charge in [-0.2, -0.15) is 0 Å². The molecule has 0 aromatic carbocycles. The number of carbonyl (C=O) groups is 1. The summed E-state index contributed by atoms with van der Waals surface area (Å²) in [6.45, 7) is 6.24. The molecule has 0 saturated heterocycles. The highest BCUT2D eigenvalue weighted by atomic mass is 16.5. The average Bonchev–Trinajstić information content (AvgIpc) is 1.80. The number of hydrogen-bond acceptors (Lipinski definition) is 3. The van der Waals surface area contributed by atoms with E-state index in [1.807, 2.05) is 0 Å². The van der Waals surface area contributed by atoms with Crippen LogP contribution in [-0.2, 0) is 9.53 Å². The van der Waals surface area contributed by atoms with Gasteiger partial charge in [0, 0.05) is 0 Å². The van der Waals surface area contributed by atoms with E-state index in [2.05, 4.69) is 11.3 Å². The topological polar surface area (TPSA) is 46.5 Å². The fourth-order valence-corrected chi connectivity index (χ4v) is 0.311. The maximum atomic E-state index is 10.7. The molecular weight excluding hydrogens is 132 g/mol. The van der Waals surface area contributed by atoms with Crippen LogP contribution in [0.2, 0.25) is 0 Å². The molecule has 0 heterocycles. The predicted octanol–water partition coefficient (Wildman–Crippen LogP) is 0.486. The number of rotatable bonds is 3. The fraction of sp³-hybridized carbons (Fsp3) is 0.571. The second-order valence-corrected chi connectivity index (χ2v) is 2.45. The van der Waals surface area contributed by atoms with Crippen molar-refractivity contribution in [2.45, 2.75) is 19.4 Å². The summed E-state index contributed by atoms with van der Waals surface area (Å²) >= 11 is 0. The van der Waals surface area contributed by atoms with Crippen LogP contribution >= 0.6 is 0 Å². The molecule has 10 heavy (non-hydrogen) atoms. The molecule has 0 aromatic rings. The zero-order valence-electron chi connectivity index (χ0n) is 6.26. The van der Waals surface area contributed by atoms with Gasteiger partial charge in [-0.25, -0.2) is 4.79 Å². The van der Waals surface area contributed by atoms with Crippen molar-refractivity contribution >= 4 is 5.97 Å². The maximum Gasteiger partial charge on any atom is 0.337 e. The second-order valence-electron chi connectivity index (χ2n) is 2.45. The lowest BCUT2D eigenvalue weighted by Gasteiger charge is -2.13. The second kappa shape index (κ2) is 3.37. The normalized spacial score (nSPS) is 10.7. The van der Waals surface area contributed by atoms with Gasteiger partial charge in [0.05, 0.1) is 0 Å². The summed E-state index contributed by atoms with van der Waals surface area (Å²) < 4.78 is 4.55. The molecule has 0 amide bonds. The Hall–Kier alpha value is -0.830. The molecule has 0 bridgehead atoms. The van der Waals surface area contributed by atoms with Gasteiger partial charge >= 0.3 is 5.97 Å². The number of carbonyl (C=O) groups excluding carboxylic acids is 1. The smallest absolute Gasteiger partial charge is 0.337 e. The Morgan fingerprint density at radius 3 is 2.60 bits per heavy atom. The number of ether oxygens (including phenoxy) is 1. The van der Waals surface area contributed by atoms with E-state index in [1.54, 1.807) is 0 Å². The van der Waals surface area contributed by atoms with Crippen molar-refractivity contribution < 1.29 is 14.6 Å². The lowest BCUT2D eigenvalue weighted by Crippen LogP contribution is -2.33. The van der Waals surface area contributed by atoms with Crippen LogP contribution in [0.1, 0.15) is 13.8 Å². The minimum Gasteiger partial charge on any atom is -0.459 e. The van der Waals surface area contributed by atoms with Crippen molar-refractivity contribution in [3.05, 3.63) is 12.7 Å². The lowest BCUT2D eigenvalue weighted by molar-refractivity contribution is -0.160. The van der Waals surface area contributed by atoms with Crippen LogP contribution < -0.4 is 0 Å². The molecule has 58 valence electrons. The van der Waals surface area contributed by atoms with E-state index in [4.69, 9.17) is 5.11 Å². The van der Waals surface area contributed by atoms with E-state index >= 15 is 0 Å². The molecule has 0 rings (SSSR count). The van der Waals surface area contributed by atoms with Crippen LogP contribution in [0.5, 0.6) is 0 Å². The van der Waals surface area contributed by atoms with Crippen molar-refractivity contribution in [1.29, 1.82) is 0 Å². The first-order valence-electron chi connectivity index (χ1n) is 2.99. The molecule has 0 fully saturated rings. The summed E-state index contributed by atoms with van der Waals surface area (Å²) in [5.74, 6) is -0.632. The fourth-order valence-electron chi connectivity index (χ4n) is 0.311. The average molecular weight is 144 g/mol. The number of esters is 1. The van der Waals surface area contributed by atoms with Crippen LogP contribution in [0, 0.1) is 0 Å². The van der Waals surface area contributed by atoms with Crippen LogP contribution in [0.4, 0.5) is 0 Å². The third kappa shape index (κ3) is 3.25. The van der Waals surface area contributed by atoms with Crippen molar-refractivity contribution in [3.8, 4) is 0 Å². The molecule has 0 spiro atoms. The van der Waals surface area contributed by atoms with Gasteiger partial charge in [-0.05, 0) is 13.8 Å². The highest BCUT2D eigenvalue weighted by Crippen LogP contribution is 2.02. The first kappa shape index (κ1) is 9.17. The zero-order chi connectivity index (χ0) is 8.20. The largest absolute Gasteiger partial charge is 0.459 e. The summed E-state index contributed by atoms with van der Waals surface area (Å²) in [6, 6.07) is 0. The summed E-state index contributed by atoms with van der Waals surface area (Å²) in [5, 5.41) is 9.00. The Balaban J connectivity index is 3.74. The molecule has 0 aliphatic rings. The van der Waals surface area contributed by atoms with Gasteiger partial charge in [0.15, 0.2) is 5.60 Å². The molecule has 0 unspecified atom stereocenters. The molecule has 0 aromatic heterocycles. The molecule has 0 saturated carbocycles. The van der Waals surface area contributed by atoms with E-state index in [9.17, 15) is 4.79 Å². The van der Waals surface area contributed by atoms with Gasteiger partial charge in [-0.15, -0.1) is 0 Å². The molecule has 1 N–H and O–H groups in total. The number of aliphatic hydroxyl groups is 1. The molecule has 3 heteroatoms. The Labute approximate surface area is 60.3 Å². The highest BCUT2D eigenvalue weighted by molar-refractivity contribution is 5.78. The Morgan fingerprint density at radius 1 is 1.80 bits per heavy atom.